The number of aliphatic hydroxyl groups is 1. The molecule has 1 rings (SSSR count). The van der Waals surface area contributed by atoms with Crippen LogP contribution in [0.15, 0.2) is 11.2 Å². The number of halogens is 1. The molecule has 0 aliphatic carbocycles. The van der Waals surface area contributed by atoms with Crippen molar-refractivity contribution in [3.05, 3.63) is 23.0 Å². The molecule has 0 atom stereocenters. The Hall–Kier alpha value is -2.00. The summed E-state index contributed by atoms with van der Waals surface area (Å²) in [5, 5.41) is 24.6. The predicted molar refractivity (Wildman–Crippen MR) is 65.4 cm³/mol. The lowest BCUT2D eigenvalue weighted by atomic mass is 10.1. The Kier molecular flexibility index (Phi) is 3.99. The third-order valence-corrected chi connectivity index (χ3v) is 2.36. The van der Waals surface area contributed by atoms with Crippen molar-refractivity contribution < 1.29 is 9.50 Å². The highest BCUT2D eigenvalue weighted by Crippen LogP contribution is 2.33. The lowest BCUT2D eigenvalue weighted by molar-refractivity contribution is 0.0945. The zero-order valence-electron chi connectivity index (χ0n) is 10.5. The van der Waals surface area contributed by atoms with Crippen molar-refractivity contribution >= 4 is 11.4 Å². The fraction of sp³-hybridized carbons (Fsp3) is 0.417. The minimum Gasteiger partial charge on any atom is -0.389 e. The van der Waals surface area contributed by atoms with Gasteiger partial charge >= 0.3 is 0 Å². The lowest BCUT2D eigenvalue weighted by Crippen LogP contribution is -2.29. The van der Waals surface area contributed by atoms with Crippen LogP contribution >= 0.6 is 0 Å². The molecule has 0 aliphatic heterocycles. The number of hydrogen-bond donors (Lipinski definition) is 3. The van der Waals surface area contributed by atoms with Gasteiger partial charge < -0.3 is 10.4 Å². The highest BCUT2D eigenvalue weighted by molar-refractivity contribution is 5.74. The molecule has 0 aliphatic rings. The van der Waals surface area contributed by atoms with Crippen LogP contribution in [0.3, 0.4) is 0 Å². The topological polar surface area (TPSA) is 92.3 Å². The Morgan fingerprint density at radius 2 is 2.22 bits per heavy atom. The highest BCUT2D eigenvalue weighted by atomic mass is 19.1. The van der Waals surface area contributed by atoms with Crippen LogP contribution in [0.2, 0.25) is 0 Å². The first-order valence-electron chi connectivity index (χ1n) is 5.37. The third-order valence-electron chi connectivity index (χ3n) is 2.36. The smallest absolute Gasteiger partial charge is 0.146 e. The summed E-state index contributed by atoms with van der Waals surface area (Å²) in [6, 6.07) is 3.14. The molecular formula is C12H15FN4O. The number of nitrogens with zero attached hydrogens (tertiary/aromatic N) is 2. The van der Waals surface area contributed by atoms with Gasteiger partial charge in [0, 0.05) is 6.54 Å². The van der Waals surface area contributed by atoms with E-state index < -0.39 is 11.4 Å². The van der Waals surface area contributed by atoms with E-state index in [0.717, 1.165) is 0 Å². The maximum absolute atomic E-state index is 13.8. The van der Waals surface area contributed by atoms with Crippen LogP contribution in [0.25, 0.3) is 0 Å². The SMILES string of the molecule is Cc1cc(N=N)c(NCC(C)(C)O)c(C#N)c1F. The fourth-order valence-electron chi connectivity index (χ4n) is 1.45. The predicted octanol–water partition coefficient (Wildman–Crippen LogP) is 2.85. The zero-order valence-corrected chi connectivity index (χ0v) is 10.5. The molecule has 0 unspecified atom stereocenters. The number of hydrogen-bond acceptors (Lipinski definition) is 5. The van der Waals surface area contributed by atoms with Crippen LogP contribution in [0.5, 0.6) is 0 Å². The van der Waals surface area contributed by atoms with Crippen LogP contribution in [0.1, 0.15) is 25.0 Å². The standard InChI is InChI=1S/C12H15FN4O/c1-7-4-9(17-15)11(8(5-14)10(7)13)16-6-12(2,3)18/h4,15-16,18H,6H2,1-3H3. The monoisotopic (exact) mass is 250 g/mol. The van der Waals surface area contributed by atoms with E-state index in [-0.39, 0.29) is 29.0 Å². The average molecular weight is 250 g/mol. The van der Waals surface area contributed by atoms with Crippen molar-refractivity contribution in [1.82, 2.24) is 0 Å². The van der Waals surface area contributed by atoms with Gasteiger partial charge in [0.25, 0.3) is 0 Å². The van der Waals surface area contributed by atoms with E-state index in [9.17, 15) is 9.50 Å². The molecule has 0 aromatic heterocycles. The van der Waals surface area contributed by atoms with E-state index in [0.29, 0.717) is 0 Å². The Morgan fingerprint density at radius 1 is 1.61 bits per heavy atom. The van der Waals surface area contributed by atoms with Gasteiger partial charge in [-0.2, -0.15) is 10.4 Å². The first-order valence-corrected chi connectivity index (χ1v) is 5.37. The molecule has 1 aromatic rings. The first kappa shape index (κ1) is 14.1. The summed E-state index contributed by atoms with van der Waals surface area (Å²) in [5.41, 5.74) is 6.41. The maximum Gasteiger partial charge on any atom is 0.146 e. The van der Waals surface area contributed by atoms with Crippen molar-refractivity contribution in [3.63, 3.8) is 0 Å². The molecule has 1 aromatic carbocycles. The van der Waals surface area contributed by atoms with Gasteiger partial charge in [-0.15, -0.1) is 0 Å². The minimum atomic E-state index is -1.02. The number of anilines is 1. The third kappa shape index (κ3) is 3.02. The molecule has 0 amide bonds. The largest absolute Gasteiger partial charge is 0.389 e. The van der Waals surface area contributed by atoms with Gasteiger partial charge in [-0.05, 0) is 32.4 Å². The maximum atomic E-state index is 13.8. The molecule has 0 bridgehead atoms. The molecule has 18 heavy (non-hydrogen) atoms. The molecule has 5 nitrogen and oxygen atoms in total. The number of nitriles is 1. The lowest BCUT2D eigenvalue weighted by Gasteiger charge is -2.20. The molecule has 0 heterocycles. The van der Waals surface area contributed by atoms with Crippen molar-refractivity contribution in [2.24, 2.45) is 5.11 Å². The Balaban J connectivity index is 3.28. The summed E-state index contributed by atoms with van der Waals surface area (Å²) in [4.78, 5) is 0. The van der Waals surface area contributed by atoms with Crippen molar-refractivity contribution in [2.75, 3.05) is 11.9 Å². The molecule has 0 spiro atoms. The summed E-state index contributed by atoms with van der Waals surface area (Å²) in [5.74, 6) is -0.636. The van der Waals surface area contributed by atoms with E-state index in [4.69, 9.17) is 10.8 Å². The Morgan fingerprint density at radius 3 is 2.67 bits per heavy atom. The summed E-state index contributed by atoms with van der Waals surface area (Å²) < 4.78 is 13.8. The van der Waals surface area contributed by atoms with E-state index in [2.05, 4.69) is 10.4 Å². The molecule has 0 saturated heterocycles. The van der Waals surface area contributed by atoms with Crippen LogP contribution in [-0.2, 0) is 0 Å². The summed E-state index contributed by atoms with van der Waals surface area (Å²) in [6.07, 6.45) is 0. The highest BCUT2D eigenvalue weighted by Gasteiger charge is 2.19. The fourth-order valence-corrected chi connectivity index (χ4v) is 1.45. The summed E-state index contributed by atoms with van der Waals surface area (Å²) >= 11 is 0. The minimum absolute atomic E-state index is 0.118. The summed E-state index contributed by atoms with van der Waals surface area (Å²) in [7, 11) is 0. The van der Waals surface area contributed by atoms with Crippen LogP contribution < -0.4 is 5.32 Å². The molecule has 96 valence electrons. The van der Waals surface area contributed by atoms with Crippen LogP contribution in [-0.4, -0.2) is 17.3 Å². The number of nitrogens with one attached hydrogen (secondary N) is 2. The van der Waals surface area contributed by atoms with Gasteiger partial charge in [0.1, 0.15) is 23.1 Å². The van der Waals surface area contributed by atoms with Gasteiger partial charge in [-0.3, -0.25) is 0 Å². The molecule has 0 radical (unpaired) electrons. The number of rotatable bonds is 4. The van der Waals surface area contributed by atoms with Crippen molar-refractivity contribution in [2.45, 2.75) is 26.4 Å². The van der Waals surface area contributed by atoms with E-state index in [1.807, 2.05) is 0 Å². The normalized spacial score (nSPS) is 10.9. The summed E-state index contributed by atoms with van der Waals surface area (Å²) in [6.45, 7) is 4.78. The second-order valence-corrected chi connectivity index (χ2v) is 4.67. The van der Waals surface area contributed by atoms with E-state index in [1.54, 1.807) is 19.9 Å². The number of benzene rings is 1. The molecule has 0 fully saturated rings. The molecule has 3 N–H and O–H groups in total. The zero-order chi connectivity index (χ0) is 13.9. The van der Waals surface area contributed by atoms with Crippen molar-refractivity contribution in [3.8, 4) is 6.07 Å². The van der Waals surface area contributed by atoms with E-state index in [1.165, 1.54) is 13.0 Å². The van der Waals surface area contributed by atoms with Crippen LogP contribution in [0, 0.1) is 29.6 Å². The van der Waals surface area contributed by atoms with Gasteiger partial charge in [-0.25, -0.2) is 9.92 Å². The van der Waals surface area contributed by atoms with Crippen molar-refractivity contribution in [1.29, 1.82) is 10.8 Å². The molecule has 6 heteroatoms. The second kappa shape index (κ2) is 5.10. The first-order chi connectivity index (χ1) is 8.30. The van der Waals surface area contributed by atoms with E-state index >= 15 is 0 Å². The second-order valence-electron chi connectivity index (χ2n) is 4.67. The molecule has 0 saturated carbocycles. The van der Waals surface area contributed by atoms with Gasteiger partial charge in [0.15, 0.2) is 0 Å². The number of aryl methyl sites for hydroxylation is 1. The Labute approximate surface area is 105 Å². The quantitative estimate of drug-likeness (QED) is 0.717. The van der Waals surface area contributed by atoms with Crippen LogP contribution in [0.4, 0.5) is 15.8 Å². The molecular weight excluding hydrogens is 235 g/mol. The average Bonchev–Trinajstić information content (AvgIpc) is 2.28. The van der Waals surface area contributed by atoms with Gasteiger partial charge in [0.2, 0.25) is 0 Å². The Bertz CT molecular complexity index is 514. The van der Waals surface area contributed by atoms with Gasteiger partial charge in [0.05, 0.1) is 11.3 Å². The van der Waals surface area contributed by atoms with Gasteiger partial charge in [-0.1, -0.05) is 0 Å².